The monoisotopic (exact) mass is 334 g/mol. The lowest BCUT2D eigenvalue weighted by Crippen LogP contribution is -2.09. The lowest BCUT2D eigenvalue weighted by molar-refractivity contribution is 0.0525. The molecule has 6 heteroatoms. The quantitative estimate of drug-likeness (QED) is 0.649. The number of esters is 1. The molecule has 126 valence electrons. The van der Waals surface area contributed by atoms with Gasteiger partial charge in [-0.1, -0.05) is 24.3 Å². The van der Waals surface area contributed by atoms with Crippen LogP contribution in [-0.4, -0.2) is 30.1 Å². The molecular formula is C18H16F2O4. The summed E-state index contributed by atoms with van der Waals surface area (Å²) in [4.78, 5) is 24.0. The number of hydrogen-bond acceptors (Lipinski definition) is 4. The van der Waals surface area contributed by atoms with E-state index in [4.69, 9.17) is 4.74 Å². The van der Waals surface area contributed by atoms with Gasteiger partial charge in [0.15, 0.2) is 5.78 Å². The van der Waals surface area contributed by atoms with Crippen molar-refractivity contribution < 1.29 is 28.2 Å². The van der Waals surface area contributed by atoms with Crippen LogP contribution < -0.4 is 0 Å². The molecule has 0 heterocycles. The molecule has 0 amide bonds. The number of carbonyl (C=O) groups is 2. The highest BCUT2D eigenvalue weighted by molar-refractivity contribution is 6.11. The van der Waals surface area contributed by atoms with E-state index in [2.05, 4.69) is 0 Å². The number of carbonyl (C=O) groups excluding carboxylic acids is 2. The summed E-state index contributed by atoms with van der Waals surface area (Å²) in [6.45, 7) is 1.18. The molecule has 0 aliphatic carbocycles. The first-order chi connectivity index (χ1) is 11.5. The SMILES string of the molecule is CCOC(=O)c1cc(O)c(C(=O)c2ccc(CCF)cc2)c(F)c1. The van der Waals surface area contributed by atoms with Gasteiger partial charge in [0.2, 0.25) is 0 Å². The maximum atomic E-state index is 14.2. The lowest BCUT2D eigenvalue weighted by Gasteiger charge is -2.09. The number of phenolic OH excluding ortho intramolecular Hbond substituents is 1. The molecule has 1 N–H and O–H groups in total. The second kappa shape index (κ2) is 7.68. The van der Waals surface area contributed by atoms with E-state index in [1.807, 2.05) is 0 Å². The molecule has 0 aromatic heterocycles. The van der Waals surface area contributed by atoms with Crippen LogP contribution in [-0.2, 0) is 11.2 Å². The van der Waals surface area contributed by atoms with Gasteiger partial charge in [0.1, 0.15) is 17.1 Å². The Balaban J connectivity index is 2.34. The van der Waals surface area contributed by atoms with Crippen LogP contribution in [0.3, 0.4) is 0 Å². The number of aryl methyl sites for hydroxylation is 1. The van der Waals surface area contributed by atoms with Crippen molar-refractivity contribution in [2.45, 2.75) is 13.3 Å². The Bertz CT molecular complexity index is 731. The minimum absolute atomic E-state index is 0.104. The summed E-state index contributed by atoms with van der Waals surface area (Å²) in [6, 6.07) is 7.84. The van der Waals surface area contributed by atoms with E-state index in [1.54, 1.807) is 19.1 Å². The molecule has 0 fully saturated rings. The molecule has 0 radical (unpaired) electrons. The third-order valence-electron chi connectivity index (χ3n) is 3.41. The van der Waals surface area contributed by atoms with Crippen molar-refractivity contribution in [1.29, 1.82) is 0 Å². The third kappa shape index (κ3) is 3.76. The molecule has 0 unspecified atom stereocenters. The van der Waals surface area contributed by atoms with Crippen molar-refractivity contribution in [3.8, 4) is 5.75 Å². The molecule has 0 aliphatic heterocycles. The van der Waals surface area contributed by atoms with Gasteiger partial charge in [0, 0.05) is 12.0 Å². The summed E-state index contributed by atoms with van der Waals surface area (Å²) in [5, 5.41) is 9.94. The molecule has 0 spiro atoms. The van der Waals surface area contributed by atoms with Crippen molar-refractivity contribution in [3.05, 3.63) is 64.5 Å². The molecule has 0 saturated carbocycles. The van der Waals surface area contributed by atoms with E-state index in [0.717, 1.165) is 12.1 Å². The number of benzene rings is 2. The lowest BCUT2D eigenvalue weighted by atomic mass is 9.99. The first-order valence-corrected chi connectivity index (χ1v) is 7.37. The number of ketones is 1. The van der Waals surface area contributed by atoms with Crippen LogP contribution in [0.25, 0.3) is 0 Å². The number of aromatic hydroxyl groups is 1. The minimum atomic E-state index is -1.02. The van der Waals surface area contributed by atoms with E-state index in [0.29, 0.717) is 5.56 Å². The fourth-order valence-electron chi connectivity index (χ4n) is 2.23. The number of rotatable bonds is 6. The molecule has 4 nitrogen and oxygen atoms in total. The maximum Gasteiger partial charge on any atom is 0.338 e. The first kappa shape index (κ1) is 17.6. The van der Waals surface area contributed by atoms with E-state index < -0.39 is 35.6 Å². The standard InChI is InChI=1S/C18H16F2O4/c1-2-24-18(23)13-9-14(20)16(15(21)10-13)17(22)12-5-3-11(4-6-12)7-8-19/h3-6,9-10,21H,2,7-8H2,1H3. The van der Waals surface area contributed by atoms with Crippen molar-refractivity contribution in [2.75, 3.05) is 13.3 Å². The van der Waals surface area contributed by atoms with Gasteiger partial charge in [0.25, 0.3) is 0 Å². The van der Waals surface area contributed by atoms with E-state index in [9.17, 15) is 23.5 Å². The molecule has 0 saturated heterocycles. The zero-order chi connectivity index (χ0) is 17.7. The highest BCUT2D eigenvalue weighted by atomic mass is 19.1. The molecule has 2 aromatic carbocycles. The normalized spacial score (nSPS) is 10.5. The topological polar surface area (TPSA) is 63.6 Å². The Kier molecular flexibility index (Phi) is 5.63. The second-order valence-corrected chi connectivity index (χ2v) is 5.04. The van der Waals surface area contributed by atoms with E-state index in [-0.39, 0.29) is 24.2 Å². The van der Waals surface area contributed by atoms with E-state index in [1.165, 1.54) is 12.1 Å². The average molecular weight is 334 g/mol. The summed E-state index contributed by atoms with van der Waals surface area (Å²) >= 11 is 0. The minimum Gasteiger partial charge on any atom is -0.507 e. The Morgan fingerprint density at radius 1 is 1.12 bits per heavy atom. The Hall–Kier alpha value is -2.76. The molecule has 0 bridgehead atoms. The van der Waals surface area contributed by atoms with Crippen LogP contribution in [0.5, 0.6) is 5.75 Å². The van der Waals surface area contributed by atoms with Gasteiger partial charge in [0.05, 0.1) is 18.8 Å². The number of alkyl halides is 1. The summed E-state index contributed by atoms with van der Waals surface area (Å²) in [6.07, 6.45) is 0.225. The van der Waals surface area contributed by atoms with Gasteiger partial charge >= 0.3 is 5.97 Å². The maximum absolute atomic E-state index is 14.2. The molecule has 2 rings (SSSR count). The van der Waals surface area contributed by atoms with Gasteiger partial charge < -0.3 is 9.84 Å². The second-order valence-electron chi connectivity index (χ2n) is 5.04. The summed E-state index contributed by atoms with van der Waals surface area (Å²) in [7, 11) is 0. The van der Waals surface area contributed by atoms with E-state index >= 15 is 0 Å². The first-order valence-electron chi connectivity index (χ1n) is 7.37. The Morgan fingerprint density at radius 3 is 2.33 bits per heavy atom. The largest absolute Gasteiger partial charge is 0.507 e. The molecular weight excluding hydrogens is 318 g/mol. The zero-order valence-electron chi connectivity index (χ0n) is 13.0. The van der Waals surface area contributed by atoms with Crippen molar-refractivity contribution in [1.82, 2.24) is 0 Å². The molecule has 24 heavy (non-hydrogen) atoms. The smallest absolute Gasteiger partial charge is 0.338 e. The van der Waals surface area contributed by atoms with Gasteiger partial charge in [-0.15, -0.1) is 0 Å². The molecule has 2 aromatic rings. The van der Waals surface area contributed by atoms with Crippen LogP contribution in [0.4, 0.5) is 8.78 Å². The summed E-state index contributed by atoms with van der Waals surface area (Å²) in [5.74, 6) is -3.18. The van der Waals surface area contributed by atoms with Gasteiger partial charge in [-0.3, -0.25) is 9.18 Å². The number of ether oxygens (including phenoxy) is 1. The summed E-state index contributed by atoms with van der Waals surface area (Å²) in [5.41, 5.74) is 0.148. The molecule has 0 atom stereocenters. The number of phenols is 1. The van der Waals surface area contributed by atoms with Gasteiger partial charge in [-0.25, -0.2) is 9.18 Å². The van der Waals surface area contributed by atoms with Gasteiger partial charge in [-0.05, 0) is 24.6 Å². The highest BCUT2D eigenvalue weighted by Crippen LogP contribution is 2.26. The third-order valence-corrected chi connectivity index (χ3v) is 3.41. The van der Waals surface area contributed by atoms with Crippen LogP contribution >= 0.6 is 0 Å². The predicted octanol–water partition coefficient (Wildman–Crippen LogP) is 3.45. The fourth-order valence-corrected chi connectivity index (χ4v) is 2.23. The number of halogens is 2. The van der Waals surface area contributed by atoms with Crippen LogP contribution in [0.1, 0.15) is 38.8 Å². The number of hydrogen-bond donors (Lipinski definition) is 1. The van der Waals surface area contributed by atoms with Crippen LogP contribution in [0, 0.1) is 5.82 Å². The Labute approximate surface area is 137 Å². The van der Waals surface area contributed by atoms with Gasteiger partial charge in [-0.2, -0.15) is 0 Å². The average Bonchev–Trinajstić information content (AvgIpc) is 2.55. The highest BCUT2D eigenvalue weighted by Gasteiger charge is 2.22. The fraction of sp³-hybridized carbons (Fsp3) is 0.222. The van der Waals surface area contributed by atoms with Crippen LogP contribution in [0.2, 0.25) is 0 Å². The molecule has 0 aliphatic rings. The summed E-state index contributed by atoms with van der Waals surface area (Å²) < 4.78 is 31.2. The predicted molar refractivity (Wildman–Crippen MR) is 83.6 cm³/mol. The Morgan fingerprint density at radius 2 is 1.79 bits per heavy atom. The van der Waals surface area contributed by atoms with Crippen molar-refractivity contribution >= 4 is 11.8 Å². The zero-order valence-corrected chi connectivity index (χ0v) is 13.0. The van der Waals surface area contributed by atoms with Crippen molar-refractivity contribution in [3.63, 3.8) is 0 Å². The van der Waals surface area contributed by atoms with Crippen LogP contribution in [0.15, 0.2) is 36.4 Å². The van der Waals surface area contributed by atoms with Crippen molar-refractivity contribution in [2.24, 2.45) is 0 Å².